The van der Waals surface area contributed by atoms with Crippen molar-refractivity contribution >= 4 is 40.7 Å². The molecule has 0 spiro atoms. The number of methoxy groups -OCH3 is 2. The molecule has 7 nitrogen and oxygen atoms in total. The number of fused-ring (bicyclic) bond motifs is 1. The van der Waals surface area contributed by atoms with Crippen molar-refractivity contribution in [3.8, 4) is 11.5 Å². The Balaban J connectivity index is 1.33. The molecule has 8 heteroatoms. The monoisotopic (exact) mass is 522 g/mol. The Morgan fingerprint density at radius 3 is 2.50 bits per heavy atom. The lowest BCUT2D eigenvalue weighted by Crippen LogP contribution is -2.24. The van der Waals surface area contributed by atoms with E-state index in [2.05, 4.69) is 20.5 Å². The molecule has 2 aromatic heterocycles. The van der Waals surface area contributed by atoms with E-state index in [4.69, 9.17) is 9.47 Å². The van der Waals surface area contributed by atoms with Crippen LogP contribution in [0.15, 0.2) is 94.9 Å². The summed E-state index contributed by atoms with van der Waals surface area (Å²) in [5.41, 5.74) is 4.01. The minimum absolute atomic E-state index is 0.175. The largest absolute Gasteiger partial charge is 0.496 e. The molecule has 0 fully saturated rings. The third-order valence-corrected chi connectivity index (χ3v) is 7.04. The second-order valence-electron chi connectivity index (χ2n) is 8.33. The molecule has 5 rings (SSSR count). The van der Waals surface area contributed by atoms with Crippen molar-refractivity contribution < 1.29 is 14.3 Å². The molecule has 2 N–H and O–H groups in total. The van der Waals surface area contributed by atoms with E-state index in [-0.39, 0.29) is 12.5 Å². The Bertz CT molecular complexity index is 1580. The predicted molar refractivity (Wildman–Crippen MR) is 151 cm³/mol. The van der Waals surface area contributed by atoms with Gasteiger partial charge in [-0.1, -0.05) is 36.0 Å². The number of carbonyl (C=O) groups excluding carboxylic acids is 1. The molecule has 2 heterocycles. The fraction of sp³-hybridized carbons (Fsp3) is 0.100. The van der Waals surface area contributed by atoms with Gasteiger partial charge in [0, 0.05) is 21.4 Å². The summed E-state index contributed by atoms with van der Waals surface area (Å²) in [4.78, 5) is 19.4. The van der Waals surface area contributed by atoms with E-state index in [9.17, 15) is 4.79 Å². The number of aromatic amines is 1. The summed E-state index contributed by atoms with van der Waals surface area (Å²) in [5, 5.41) is 11.6. The van der Waals surface area contributed by atoms with Gasteiger partial charge in [0.25, 0.3) is 5.91 Å². The van der Waals surface area contributed by atoms with Crippen molar-refractivity contribution in [1.82, 2.24) is 20.5 Å². The van der Waals surface area contributed by atoms with Gasteiger partial charge in [0.15, 0.2) is 0 Å². The molecule has 0 bridgehead atoms. The van der Waals surface area contributed by atoms with Crippen molar-refractivity contribution in [2.24, 2.45) is 0 Å². The fourth-order valence-electron chi connectivity index (χ4n) is 4.09. The van der Waals surface area contributed by atoms with Gasteiger partial charge in [0.2, 0.25) is 0 Å². The van der Waals surface area contributed by atoms with Gasteiger partial charge in [-0.05, 0) is 66.7 Å². The van der Waals surface area contributed by atoms with Gasteiger partial charge >= 0.3 is 0 Å². The third-order valence-electron chi connectivity index (χ3n) is 5.98. The predicted octanol–water partition coefficient (Wildman–Crippen LogP) is 6.23. The first-order valence-corrected chi connectivity index (χ1v) is 12.8. The number of aromatic nitrogens is 3. The molecule has 3 aromatic carbocycles. The zero-order chi connectivity index (χ0) is 26.3. The Kier molecular flexibility index (Phi) is 7.70. The summed E-state index contributed by atoms with van der Waals surface area (Å²) in [6, 6.07) is 25.0. The number of H-pyrrole nitrogens is 1. The van der Waals surface area contributed by atoms with E-state index < -0.39 is 0 Å². The molecule has 0 saturated carbocycles. The van der Waals surface area contributed by atoms with Crippen LogP contribution in [-0.4, -0.2) is 35.3 Å². The summed E-state index contributed by atoms with van der Waals surface area (Å²) in [7, 11) is 3.20. The van der Waals surface area contributed by atoms with Crippen LogP contribution < -0.4 is 14.8 Å². The molecule has 0 unspecified atom stereocenters. The van der Waals surface area contributed by atoms with E-state index in [1.807, 2.05) is 91.0 Å². The van der Waals surface area contributed by atoms with Crippen LogP contribution in [0, 0.1) is 0 Å². The Labute approximate surface area is 224 Å². The van der Waals surface area contributed by atoms with Crippen molar-refractivity contribution in [3.63, 3.8) is 0 Å². The number of ether oxygens (including phenoxy) is 2. The highest BCUT2D eigenvalue weighted by atomic mass is 32.2. The van der Waals surface area contributed by atoms with Crippen LogP contribution in [0.2, 0.25) is 0 Å². The molecule has 0 saturated heterocycles. The zero-order valence-electron chi connectivity index (χ0n) is 21.0. The molecule has 5 aromatic rings. The van der Waals surface area contributed by atoms with Gasteiger partial charge in [-0.15, -0.1) is 0 Å². The van der Waals surface area contributed by atoms with Crippen molar-refractivity contribution in [2.45, 2.75) is 16.3 Å². The minimum Gasteiger partial charge on any atom is -0.496 e. The second-order valence-corrected chi connectivity index (χ2v) is 9.44. The summed E-state index contributed by atoms with van der Waals surface area (Å²) >= 11 is 1.53. The first-order chi connectivity index (χ1) is 18.7. The smallest absolute Gasteiger partial charge is 0.252 e. The molecule has 0 radical (unpaired) electrons. The third kappa shape index (κ3) is 5.55. The lowest BCUT2D eigenvalue weighted by molar-refractivity contribution is 0.0947. The molecule has 0 aliphatic rings. The van der Waals surface area contributed by atoms with Crippen LogP contribution in [-0.2, 0) is 6.54 Å². The standard InChI is InChI=1S/C30H26N4O3S/c1-36-27-10-7-11-28(37-2)24(27)19-32-30(35)23-9-3-4-12-29(23)38-21-14-15-22-25(33-34-26(22)18-21)16-13-20-8-5-6-17-31-20/h3-18H,19H2,1-2H3,(H,32,35)(H,33,34)/b16-13+. The van der Waals surface area contributed by atoms with Gasteiger partial charge in [-0.2, -0.15) is 5.10 Å². The summed E-state index contributed by atoms with van der Waals surface area (Å²) in [6.45, 7) is 0.278. The van der Waals surface area contributed by atoms with Crippen LogP contribution in [0.3, 0.4) is 0 Å². The summed E-state index contributed by atoms with van der Waals surface area (Å²) in [6.07, 6.45) is 5.65. The number of nitrogens with one attached hydrogen (secondary N) is 2. The Hall–Kier alpha value is -4.56. The number of carbonyl (C=O) groups is 1. The first-order valence-electron chi connectivity index (χ1n) is 12.0. The maximum absolute atomic E-state index is 13.2. The SMILES string of the molecule is COc1cccc(OC)c1CNC(=O)c1ccccc1Sc1ccc2c(/C=C/c3ccccn3)n[nH]c2c1. The van der Waals surface area contributed by atoms with Crippen LogP contribution in [0.5, 0.6) is 11.5 Å². The molecule has 0 aliphatic carbocycles. The average molecular weight is 523 g/mol. The summed E-state index contributed by atoms with van der Waals surface area (Å²) < 4.78 is 10.9. The molecule has 0 aliphatic heterocycles. The molecule has 1 amide bonds. The first kappa shape index (κ1) is 25.1. The lowest BCUT2D eigenvalue weighted by Gasteiger charge is -2.14. The van der Waals surface area contributed by atoms with Crippen LogP contribution in [0.1, 0.15) is 27.3 Å². The van der Waals surface area contributed by atoms with Gasteiger partial charge < -0.3 is 14.8 Å². The van der Waals surface area contributed by atoms with Crippen molar-refractivity contribution in [1.29, 1.82) is 0 Å². The van der Waals surface area contributed by atoms with E-state index >= 15 is 0 Å². The number of hydrogen-bond acceptors (Lipinski definition) is 6. The van der Waals surface area contributed by atoms with E-state index in [1.165, 1.54) is 11.8 Å². The van der Waals surface area contributed by atoms with Crippen LogP contribution in [0.4, 0.5) is 0 Å². The number of amides is 1. The zero-order valence-corrected chi connectivity index (χ0v) is 21.8. The topological polar surface area (TPSA) is 89.1 Å². The van der Waals surface area contributed by atoms with Crippen molar-refractivity contribution in [3.05, 3.63) is 108 Å². The maximum Gasteiger partial charge on any atom is 0.252 e. The molecule has 0 atom stereocenters. The van der Waals surface area contributed by atoms with Crippen LogP contribution >= 0.6 is 11.8 Å². The highest BCUT2D eigenvalue weighted by Crippen LogP contribution is 2.33. The van der Waals surface area contributed by atoms with Crippen LogP contribution in [0.25, 0.3) is 23.1 Å². The van der Waals surface area contributed by atoms with Gasteiger partial charge in [-0.25, -0.2) is 0 Å². The lowest BCUT2D eigenvalue weighted by atomic mass is 10.1. The quantitative estimate of drug-likeness (QED) is 0.239. The van der Waals surface area contributed by atoms with E-state index in [1.54, 1.807) is 20.4 Å². The molecular formula is C30H26N4O3S. The highest BCUT2D eigenvalue weighted by Gasteiger charge is 2.16. The average Bonchev–Trinajstić information content (AvgIpc) is 3.37. The number of benzene rings is 3. The van der Waals surface area contributed by atoms with Gasteiger partial charge in [0.05, 0.1) is 48.8 Å². The van der Waals surface area contributed by atoms with Gasteiger partial charge in [0.1, 0.15) is 11.5 Å². The number of pyridine rings is 1. The molecular weight excluding hydrogens is 496 g/mol. The van der Waals surface area contributed by atoms with Crippen molar-refractivity contribution in [2.75, 3.05) is 14.2 Å². The fourth-order valence-corrected chi connectivity index (χ4v) is 5.07. The Morgan fingerprint density at radius 2 is 1.74 bits per heavy atom. The second kappa shape index (κ2) is 11.7. The van der Waals surface area contributed by atoms with E-state index in [0.29, 0.717) is 17.1 Å². The molecule has 38 heavy (non-hydrogen) atoms. The number of hydrogen-bond donors (Lipinski definition) is 2. The Morgan fingerprint density at radius 1 is 0.947 bits per heavy atom. The number of rotatable bonds is 9. The number of nitrogens with zero attached hydrogens (tertiary/aromatic N) is 2. The minimum atomic E-state index is -0.175. The normalized spacial score (nSPS) is 11.1. The summed E-state index contributed by atoms with van der Waals surface area (Å²) in [5.74, 6) is 1.15. The highest BCUT2D eigenvalue weighted by molar-refractivity contribution is 7.99. The maximum atomic E-state index is 13.2. The van der Waals surface area contributed by atoms with Gasteiger partial charge in [-0.3, -0.25) is 14.9 Å². The molecule has 190 valence electrons. The van der Waals surface area contributed by atoms with E-state index in [0.717, 1.165) is 37.6 Å².